The van der Waals surface area contributed by atoms with E-state index in [0.29, 0.717) is 42.3 Å². The Morgan fingerprint density at radius 1 is 1.08 bits per heavy atom. The van der Waals surface area contributed by atoms with Crippen molar-refractivity contribution in [1.82, 2.24) is 0 Å². The molecule has 0 radical (unpaired) electrons. The van der Waals surface area contributed by atoms with E-state index in [1.54, 1.807) is 55.6 Å². The third-order valence-electron chi connectivity index (χ3n) is 4.08. The van der Waals surface area contributed by atoms with E-state index in [4.69, 9.17) is 9.47 Å². The molecular formula is C19H20N2O4. The lowest BCUT2D eigenvalue weighted by molar-refractivity contribution is -0.119. The Balaban J connectivity index is 1.72. The van der Waals surface area contributed by atoms with Crippen LogP contribution in [0.25, 0.3) is 0 Å². The summed E-state index contributed by atoms with van der Waals surface area (Å²) in [5, 5.41) is 5.66. The molecule has 3 rings (SSSR count). The highest BCUT2D eigenvalue weighted by Crippen LogP contribution is 2.21. The van der Waals surface area contributed by atoms with Gasteiger partial charge in [0.25, 0.3) is 5.91 Å². The van der Waals surface area contributed by atoms with Crippen molar-refractivity contribution in [2.45, 2.75) is 6.42 Å². The number of carbonyl (C=O) groups excluding carboxylic acids is 2. The number of anilines is 2. The van der Waals surface area contributed by atoms with Gasteiger partial charge in [0, 0.05) is 12.3 Å². The lowest BCUT2D eigenvalue weighted by Crippen LogP contribution is -2.24. The van der Waals surface area contributed by atoms with Crippen LogP contribution in [0.15, 0.2) is 48.5 Å². The number of para-hydroxylation sites is 1. The molecule has 130 valence electrons. The van der Waals surface area contributed by atoms with Crippen molar-refractivity contribution in [2.75, 3.05) is 31.0 Å². The van der Waals surface area contributed by atoms with Crippen molar-refractivity contribution in [3.63, 3.8) is 0 Å². The first kappa shape index (κ1) is 17.0. The first-order chi connectivity index (χ1) is 12.2. The topological polar surface area (TPSA) is 76.7 Å². The summed E-state index contributed by atoms with van der Waals surface area (Å²) >= 11 is 0. The van der Waals surface area contributed by atoms with Gasteiger partial charge in [-0.05, 0) is 42.8 Å². The van der Waals surface area contributed by atoms with E-state index < -0.39 is 0 Å². The number of carbonyl (C=O) groups is 2. The van der Waals surface area contributed by atoms with Gasteiger partial charge in [-0.2, -0.15) is 0 Å². The largest absolute Gasteiger partial charge is 0.497 e. The van der Waals surface area contributed by atoms with Crippen molar-refractivity contribution in [3.8, 4) is 5.75 Å². The van der Waals surface area contributed by atoms with E-state index in [2.05, 4.69) is 10.6 Å². The minimum absolute atomic E-state index is 0.123. The fraction of sp³-hybridized carbons (Fsp3) is 0.263. The number of benzene rings is 2. The number of rotatable bonds is 5. The molecule has 2 aromatic carbocycles. The highest BCUT2D eigenvalue weighted by atomic mass is 16.5. The Hall–Kier alpha value is -2.86. The molecule has 0 bridgehead atoms. The number of nitrogens with one attached hydrogen (secondary N) is 2. The van der Waals surface area contributed by atoms with Crippen LogP contribution in [0.4, 0.5) is 11.4 Å². The van der Waals surface area contributed by atoms with Crippen molar-refractivity contribution in [1.29, 1.82) is 0 Å². The van der Waals surface area contributed by atoms with Crippen molar-refractivity contribution in [3.05, 3.63) is 54.1 Å². The molecule has 25 heavy (non-hydrogen) atoms. The fourth-order valence-electron chi connectivity index (χ4n) is 2.64. The predicted octanol–water partition coefficient (Wildman–Crippen LogP) is 2.92. The van der Waals surface area contributed by atoms with Crippen molar-refractivity contribution in [2.24, 2.45) is 5.92 Å². The van der Waals surface area contributed by atoms with E-state index in [9.17, 15) is 9.59 Å². The molecule has 1 aliphatic rings. The number of ether oxygens (including phenoxy) is 2. The Morgan fingerprint density at radius 2 is 1.84 bits per heavy atom. The third-order valence-corrected chi connectivity index (χ3v) is 4.08. The zero-order valence-corrected chi connectivity index (χ0v) is 14.0. The average molecular weight is 340 g/mol. The first-order valence-electron chi connectivity index (χ1n) is 8.10. The molecule has 0 unspecified atom stereocenters. The minimum atomic E-state index is -0.288. The summed E-state index contributed by atoms with van der Waals surface area (Å²) in [7, 11) is 1.59. The zero-order valence-electron chi connectivity index (χ0n) is 14.0. The second-order valence-electron chi connectivity index (χ2n) is 5.78. The van der Waals surface area contributed by atoms with Crippen molar-refractivity contribution >= 4 is 23.2 Å². The number of hydrogen-bond donors (Lipinski definition) is 2. The van der Waals surface area contributed by atoms with Gasteiger partial charge in [0.1, 0.15) is 5.75 Å². The summed E-state index contributed by atoms with van der Waals surface area (Å²) in [4.78, 5) is 24.9. The first-order valence-corrected chi connectivity index (χ1v) is 8.10. The van der Waals surface area contributed by atoms with Crippen LogP contribution in [-0.2, 0) is 9.53 Å². The maximum absolute atomic E-state index is 12.6. The predicted molar refractivity (Wildman–Crippen MR) is 94.9 cm³/mol. The van der Waals surface area contributed by atoms with Crippen LogP contribution in [0.1, 0.15) is 16.8 Å². The van der Waals surface area contributed by atoms with Gasteiger partial charge in [-0.15, -0.1) is 0 Å². The van der Waals surface area contributed by atoms with E-state index in [-0.39, 0.29) is 17.7 Å². The average Bonchev–Trinajstić information content (AvgIpc) is 3.17. The molecule has 1 atom stereocenters. The Morgan fingerprint density at radius 3 is 2.52 bits per heavy atom. The molecule has 2 amide bonds. The van der Waals surface area contributed by atoms with Crippen LogP contribution in [0.2, 0.25) is 0 Å². The van der Waals surface area contributed by atoms with Gasteiger partial charge in [0.15, 0.2) is 0 Å². The Labute approximate surface area is 146 Å². The molecule has 0 spiro atoms. The van der Waals surface area contributed by atoms with Crippen LogP contribution >= 0.6 is 0 Å². The minimum Gasteiger partial charge on any atom is -0.497 e. The van der Waals surface area contributed by atoms with Gasteiger partial charge < -0.3 is 20.1 Å². The van der Waals surface area contributed by atoms with Crippen LogP contribution in [0.3, 0.4) is 0 Å². The van der Waals surface area contributed by atoms with Gasteiger partial charge in [-0.3, -0.25) is 9.59 Å². The molecule has 6 nitrogen and oxygen atoms in total. The Kier molecular flexibility index (Phi) is 5.30. The highest BCUT2D eigenvalue weighted by molar-refractivity contribution is 6.10. The van der Waals surface area contributed by atoms with E-state index in [1.165, 1.54) is 0 Å². The monoisotopic (exact) mass is 340 g/mol. The van der Waals surface area contributed by atoms with E-state index in [0.717, 1.165) is 0 Å². The van der Waals surface area contributed by atoms with Crippen LogP contribution in [-0.4, -0.2) is 32.1 Å². The molecule has 2 aromatic rings. The summed E-state index contributed by atoms with van der Waals surface area (Å²) in [5.74, 6) is 0.132. The lowest BCUT2D eigenvalue weighted by Gasteiger charge is -2.13. The molecule has 1 fully saturated rings. The summed E-state index contributed by atoms with van der Waals surface area (Å²) in [6, 6.07) is 14.0. The molecule has 6 heteroatoms. The SMILES string of the molecule is COc1ccc(NC(=O)c2ccccc2NC(=O)[C@H]2CCOC2)cc1. The highest BCUT2D eigenvalue weighted by Gasteiger charge is 2.24. The van der Waals surface area contributed by atoms with Crippen LogP contribution in [0, 0.1) is 5.92 Å². The van der Waals surface area contributed by atoms with Gasteiger partial charge in [0.05, 0.1) is 30.9 Å². The van der Waals surface area contributed by atoms with Gasteiger partial charge >= 0.3 is 0 Å². The third kappa shape index (κ3) is 4.16. The summed E-state index contributed by atoms with van der Waals surface area (Å²) < 4.78 is 10.3. The second kappa shape index (κ2) is 7.81. The summed E-state index contributed by atoms with van der Waals surface area (Å²) in [5.41, 5.74) is 1.55. The molecule has 1 saturated heterocycles. The molecule has 0 aliphatic carbocycles. The van der Waals surface area contributed by atoms with E-state index >= 15 is 0 Å². The van der Waals surface area contributed by atoms with Crippen molar-refractivity contribution < 1.29 is 19.1 Å². The zero-order chi connectivity index (χ0) is 17.6. The van der Waals surface area contributed by atoms with Crippen LogP contribution < -0.4 is 15.4 Å². The lowest BCUT2D eigenvalue weighted by atomic mass is 10.1. The van der Waals surface area contributed by atoms with E-state index in [1.807, 2.05) is 0 Å². The smallest absolute Gasteiger partial charge is 0.257 e. The van der Waals surface area contributed by atoms with Crippen LogP contribution in [0.5, 0.6) is 5.75 Å². The quantitative estimate of drug-likeness (QED) is 0.877. The summed E-state index contributed by atoms with van der Waals surface area (Å²) in [6.07, 6.45) is 0.700. The maximum Gasteiger partial charge on any atom is 0.257 e. The standard InChI is InChI=1S/C19H20N2O4/c1-24-15-8-6-14(7-9-15)20-19(23)16-4-2-3-5-17(16)21-18(22)13-10-11-25-12-13/h2-9,13H,10-12H2,1H3,(H,20,23)(H,21,22)/t13-/m0/s1. The number of amides is 2. The maximum atomic E-state index is 12.6. The molecule has 2 N–H and O–H groups in total. The molecular weight excluding hydrogens is 320 g/mol. The number of hydrogen-bond acceptors (Lipinski definition) is 4. The molecule has 0 aromatic heterocycles. The number of methoxy groups -OCH3 is 1. The molecule has 1 heterocycles. The fourth-order valence-corrected chi connectivity index (χ4v) is 2.64. The Bertz CT molecular complexity index is 752. The normalized spacial score (nSPS) is 16.3. The molecule has 0 saturated carbocycles. The molecule has 1 aliphatic heterocycles. The summed E-state index contributed by atoms with van der Waals surface area (Å²) in [6.45, 7) is 1.02. The second-order valence-corrected chi connectivity index (χ2v) is 5.78. The van der Waals surface area contributed by atoms with Gasteiger partial charge in [-0.1, -0.05) is 12.1 Å². The van der Waals surface area contributed by atoms with Gasteiger partial charge in [-0.25, -0.2) is 0 Å². The van der Waals surface area contributed by atoms with Gasteiger partial charge in [0.2, 0.25) is 5.91 Å².